The van der Waals surface area contributed by atoms with Crippen LogP contribution < -0.4 is 5.48 Å². The van der Waals surface area contributed by atoms with Crippen molar-refractivity contribution in [1.82, 2.24) is 5.48 Å². The van der Waals surface area contributed by atoms with Crippen molar-refractivity contribution in [3.8, 4) is 0 Å². The van der Waals surface area contributed by atoms with E-state index in [-0.39, 0.29) is 12.0 Å². The van der Waals surface area contributed by atoms with Crippen molar-refractivity contribution < 1.29 is 9.63 Å². The Morgan fingerprint density at radius 1 is 1.43 bits per heavy atom. The molecule has 0 spiro atoms. The summed E-state index contributed by atoms with van der Waals surface area (Å²) in [6.07, 6.45) is 5.25. The van der Waals surface area contributed by atoms with Gasteiger partial charge in [-0.25, -0.2) is 5.48 Å². The number of carbonyl (C=O) groups excluding carboxylic acids is 1. The van der Waals surface area contributed by atoms with Gasteiger partial charge in [0.2, 0.25) is 5.91 Å². The molecular weight excluding hydrogens is 178 g/mol. The molecule has 0 aromatic heterocycles. The topological polar surface area (TPSA) is 38.3 Å². The van der Waals surface area contributed by atoms with E-state index in [2.05, 4.69) is 26.3 Å². The Morgan fingerprint density at radius 2 is 2.14 bits per heavy atom. The summed E-state index contributed by atoms with van der Waals surface area (Å²) in [6, 6.07) is 0. The average Bonchev–Trinajstić information content (AvgIpc) is 2.44. The van der Waals surface area contributed by atoms with Gasteiger partial charge in [0.1, 0.15) is 0 Å². The Labute approximate surface area is 86.2 Å². The zero-order chi connectivity index (χ0) is 10.6. The highest BCUT2D eigenvalue weighted by atomic mass is 16.7. The van der Waals surface area contributed by atoms with E-state index in [4.69, 9.17) is 4.84 Å². The molecule has 0 aromatic rings. The van der Waals surface area contributed by atoms with Gasteiger partial charge in [-0.05, 0) is 18.3 Å². The lowest BCUT2D eigenvalue weighted by molar-refractivity contribution is -0.124. The van der Waals surface area contributed by atoms with Crippen molar-refractivity contribution in [2.75, 3.05) is 0 Å². The molecule has 0 aliphatic carbocycles. The van der Waals surface area contributed by atoms with E-state index in [0.717, 1.165) is 12.8 Å². The van der Waals surface area contributed by atoms with Crippen molar-refractivity contribution in [2.24, 2.45) is 5.41 Å². The van der Waals surface area contributed by atoms with E-state index in [1.807, 2.05) is 0 Å². The fraction of sp³-hybridized carbons (Fsp3) is 0.909. The third-order valence-corrected chi connectivity index (χ3v) is 2.46. The van der Waals surface area contributed by atoms with Crippen LogP contribution in [-0.2, 0) is 9.63 Å². The van der Waals surface area contributed by atoms with E-state index < -0.39 is 0 Å². The summed E-state index contributed by atoms with van der Waals surface area (Å²) in [5, 5.41) is 0. The summed E-state index contributed by atoms with van der Waals surface area (Å²) < 4.78 is 0. The Morgan fingerprint density at radius 3 is 2.64 bits per heavy atom. The van der Waals surface area contributed by atoms with Crippen LogP contribution >= 0.6 is 0 Å². The first kappa shape index (κ1) is 11.5. The van der Waals surface area contributed by atoms with Gasteiger partial charge in [0.05, 0.1) is 12.5 Å². The highest BCUT2D eigenvalue weighted by Crippen LogP contribution is 2.23. The number of hydrogen-bond donors (Lipinski definition) is 1. The van der Waals surface area contributed by atoms with Gasteiger partial charge < -0.3 is 0 Å². The van der Waals surface area contributed by atoms with Crippen LogP contribution in [0.3, 0.4) is 0 Å². The maximum Gasteiger partial charge on any atom is 0.246 e. The zero-order valence-corrected chi connectivity index (χ0v) is 9.43. The standard InChI is InChI=1S/C11H21NO2/c1-11(2,3)7-5-4-6-9-8-10(13)12-14-9/h9H,4-8H2,1-3H3,(H,12,13). The van der Waals surface area contributed by atoms with Crippen molar-refractivity contribution >= 4 is 5.91 Å². The number of carbonyl (C=O) groups is 1. The van der Waals surface area contributed by atoms with Gasteiger partial charge in [0.15, 0.2) is 0 Å². The van der Waals surface area contributed by atoms with E-state index in [0.29, 0.717) is 11.8 Å². The van der Waals surface area contributed by atoms with Crippen LogP contribution in [0.2, 0.25) is 0 Å². The predicted octanol–water partition coefficient (Wildman–Crippen LogP) is 2.41. The molecule has 1 atom stereocenters. The molecule has 3 nitrogen and oxygen atoms in total. The van der Waals surface area contributed by atoms with Crippen molar-refractivity contribution in [1.29, 1.82) is 0 Å². The Kier molecular flexibility index (Phi) is 3.93. The second-order valence-corrected chi connectivity index (χ2v) is 5.28. The minimum Gasteiger partial charge on any atom is -0.273 e. The fourth-order valence-corrected chi connectivity index (χ4v) is 1.63. The molecule has 1 aliphatic heterocycles. The summed E-state index contributed by atoms with van der Waals surface area (Å²) in [5.74, 6) is 0.0193. The molecule has 82 valence electrons. The Bertz CT molecular complexity index is 196. The average molecular weight is 199 g/mol. The van der Waals surface area contributed by atoms with Gasteiger partial charge in [-0.3, -0.25) is 9.63 Å². The molecule has 1 heterocycles. The molecular formula is C11H21NO2. The van der Waals surface area contributed by atoms with Crippen LogP contribution in [0, 0.1) is 5.41 Å². The van der Waals surface area contributed by atoms with E-state index >= 15 is 0 Å². The van der Waals surface area contributed by atoms with E-state index in [9.17, 15) is 4.79 Å². The summed E-state index contributed by atoms with van der Waals surface area (Å²) in [7, 11) is 0. The zero-order valence-electron chi connectivity index (χ0n) is 9.43. The van der Waals surface area contributed by atoms with E-state index in [1.54, 1.807) is 0 Å². The summed E-state index contributed by atoms with van der Waals surface area (Å²) in [4.78, 5) is 15.9. The maximum atomic E-state index is 10.8. The molecule has 14 heavy (non-hydrogen) atoms. The van der Waals surface area contributed by atoms with Crippen molar-refractivity contribution in [3.63, 3.8) is 0 Å². The molecule has 1 amide bonds. The monoisotopic (exact) mass is 199 g/mol. The number of nitrogens with one attached hydrogen (secondary N) is 1. The van der Waals surface area contributed by atoms with Gasteiger partial charge in [-0.2, -0.15) is 0 Å². The van der Waals surface area contributed by atoms with Gasteiger partial charge in [-0.15, -0.1) is 0 Å². The second-order valence-electron chi connectivity index (χ2n) is 5.28. The van der Waals surface area contributed by atoms with Crippen LogP contribution in [0.25, 0.3) is 0 Å². The third-order valence-electron chi connectivity index (χ3n) is 2.46. The minimum absolute atomic E-state index is 0.0193. The van der Waals surface area contributed by atoms with E-state index in [1.165, 1.54) is 12.8 Å². The lowest BCUT2D eigenvalue weighted by Crippen LogP contribution is -2.12. The number of hydrogen-bond acceptors (Lipinski definition) is 2. The normalized spacial score (nSPS) is 22.5. The summed E-state index contributed by atoms with van der Waals surface area (Å²) in [5.41, 5.74) is 2.81. The minimum atomic E-state index is 0.0193. The van der Waals surface area contributed by atoms with Crippen molar-refractivity contribution in [2.45, 2.75) is 59.0 Å². The molecule has 3 heteroatoms. The molecule has 1 fully saturated rings. The second kappa shape index (κ2) is 4.78. The molecule has 0 radical (unpaired) electrons. The number of rotatable bonds is 4. The molecule has 0 aromatic carbocycles. The van der Waals surface area contributed by atoms with Crippen molar-refractivity contribution in [3.05, 3.63) is 0 Å². The van der Waals surface area contributed by atoms with Gasteiger partial charge in [0.25, 0.3) is 0 Å². The van der Waals surface area contributed by atoms with Crippen LogP contribution in [0.1, 0.15) is 52.9 Å². The lowest BCUT2D eigenvalue weighted by atomic mass is 9.89. The lowest BCUT2D eigenvalue weighted by Gasteiger charge is -2.17. The fourth-order valence-electron chi connectivity index (χ4n) is 1.63. The van der Waals surface area contributed by atoms with Crippen LogP contribution in [-0.4, -0.2) is 12.0 Å². The van der Waals surface area contributed by atoms with Gasteiger partial charge >= 0.3 is 0 Å². The number of amides is 1. The smallest absolute Gasteiger partial charge is 0.246 e. The van der Waals surface area contributed by atoms with Crippen LogP contribution in [0.4, 0.5) is 0 Å². The summed E-state index contributed by atoms with van der Waals surface area (Å²) in [6.45, 7) is 6.76. The van der Waals surface area contributed by atoms with Gasteiger partial charge in [-0.1, -0.05) is 33.6 Å². The molecule has 1 N–H and O–H groups in total. The largest absolute Gasteiger partial charge is 0.273 e. The molecule has 1 saturated heterocycles. The van der Waals surface area contributed by atoms with Crippen LogP contribution in [0.15, 0.2) is 0 Å². The highest BCUT2D eigenvalue weighted by molar-refractivity contribution is 5.76. The first-order valence-corrected chi connectivity index (χ1v) is 5.42. The number of unbranched alkanes of at least 4 members (excludes halogenated alkanes) is 1. The molecule has 0 saturated carbocycles. The quantitative estimate of drug-likeness (QED) is 0.706. The maximum absolute atomic E-state index is 10.8. The first-order chi connectivity index (χ1) is 6.47. The Hall–Kier alpha value is -0.570. The van der Waals surface area contributed by atoms with Gasteiger partial charge in [0, 0.05) is 0 Å². The summed E-state index contributed by atoms with van der Waals surface area (Å²) >= 11 is 0. The molecule has 1 aliphatic rings. The molecule has 0 bridgehead atoms. The SMILES string of the molecule is CC(C)(C)CCCCC1CC(=O)NO1. The van der Waals surface area contributed by atoms with Crippen LogP contribution in [0.5, 0.6) is 0 Å². The molecule has 1 unspecified atom stereocenters. The third kappa shape index (κ3) is 4.61. The molecule has 1 rings (SSSR count). The Balaban J connectivity index is 2.02. The highest BCUT2D eigenvalue weighted by Gasteiger charge is 2.22. The predicted molar refractivity (Wildman–Crippen MR) is 55.6 cm³/mol. The first-order valence-electron chi connectivity index (χ1n) is 5.42. The number of hydroxylamine groups is 1.